The molecule has 27 heavy (non-hydrogen) atoms. The number of hydrogen-bond donors (Lipinski definition) is 2. The molecular weight excluding hydrogens is 344 g/mol. The second kappa shape index (κ2) is 8.17. The first-order chi connectivity index (χ1) is 12.9. The number of nitrogens with zero attached hydrogens (tertiary/aromatic N) is 3. The molecule has 2 fully saturated rings. The molecule has 0 aromatic heterocycles. The molecule has 2 aliphatic heterocycles. The van der Waals surface area contributed by atoms with Crippen molar-refractivity contribution in [2.24, 2.45) is 5.41 Å². The fourth-order valence-corrected chi connectivity index (χ4v) is 3.87. The van der Waals surface area contributed by atoms with E-state index < -0.39 is 11.4 Å². The smallest absolute Gasteiger partial charge is 0.317 e. The van der Waals surface area contributed by atoms with Gasteiger partial charge in [0.2, 0.25) is 0 Å². The number of amides is 2. The molecule has 2 saturated heterocycles. The first-order valence-electron chi connectivity index (χ1n) is 9.68. The summed E-state index contributed by atoms with van der Waals surface area (Å²) in [6.07, 6.45) is 0.506. The summed E-state index contributed by atoms with van der Waals surface area (Å²) < 4.78 is 0. The highest BCUT2D eigenvalue weighted by Gasteiger charge is 2.42. The summed E-state index contributed by atoms with van der Waals surface area (Å²) in [6.45, 7) is 9.19. The van der Waals surface area contributed by atoms with E-state index in [2.05, 4.69) is 39.4 Å². The molecule has 0 bridgehead atoms. The highest BCUT2D eigenvalue weighted by Crippen LogP contribution is 2.30. The Balaban J connectivity index is 1.42. The fraction of sp³-hybridized carbons (Fsp3) is 0.600. The SMILES string of the molecule is CC(CN1CCN(c2ccccc2)CC1)NC(=O)N1CCC(C)(C(=O)O)C1. The lowest BCUT2D eigenvalue weighted by Crippen LogP contribution is -2.52. The molecule has 1 aromatic carbocycles. The van der Waals surface area contributed by atoms with Crippen LogP contribution in [0.3, 0.4) is 0 Å². The van der Waals surface area contributed by atoms with Crippen LogP contribution in [0, 0.1) is 5.41 Å². The highest BCUT2D eigenvalue weighted by atomic mass is 16.4. The fourth-order valence-electron chi connectivity index (χ4n) is 3.87. The van der Waals surface area contributed by atoms with E-state index in [0.29, 0.717) is 13.0 Å². The van der Waals surface area contributed by atoms with Crippen LogP contribution >= 0.6 is 0 Å². The maximum atomic E-state index is 12.4. The number of anilines is 1. The van der Waals surface area contributed by atoms with E-state index >= 15 is 0 Å². The minimum absolute atomic E-state index is 0.0254. The van der Waals surface area contributed by atoms with Crippen molar-refractivity contribution in [1.82, 2.24) is 15.1 Å². The predicted octanol–water partition coefficient (Wildman–Crippen LogP) is 1.70. The monoisotopic (exact) mass is 374 g/mol. The molecule has 2 heterocycles. The number of benzene rings is 1. The molecule has 7 nitrogen and oxygen atoms in total. The Morgan fingerprint density at radius 1 is 1.15 bits per heavy atom. The normalized spacial score (nSPS) is 24.7. The van der Waals surface area contributed by atoms with Gasteiger partial charge >= 0.3 is 12.0 Å². The summed E-state index contributed by atoms with van der Waals surface area (Å²) in [4.78, 5) is 30.2. The van der Waals surface area contributed by atoms with Gasteiger partial charge in [0.05, 0.1) is 5.41 Å². The maximum absolute atomic E-state index is 12.4. The van der Waals surface area contributed by atoms with Gasteiger partial charge in [-0.1, -0.05) is 18.2 Å². The van der Waals surface area contributed by atoms with Crippen molar-refractivity contribution >= 4 is 17.7 Å². The summed E-state index contributed by atoms with van der Waals surface area (Å²) in [5.41, 5.74) is 0.433. The number of aliphatic carboxylic acids is 1. The zero-order valence-corrected chi connectivity index (χ0v) is 16.2. The molecule has 0 aliphatic carbocycles. The van der Waals surface area contributed by atoms with Crippen LogP contribution in [-0.2, 0) is 4.79 Å². The van der Waals surface area contributed by atoms with Gasteiger partial charge in [-0.05, 0) is 32.4 Å². The predicted molar refractivity (Wildman–Crippen MR) is 105 cm³/mol. The molecule has 0 spiro atoms. The maximum Gasteiger partial charge on any atom is 0.317 e. The van der Waals surface area contributed by atoms with Crippen LogP contribution in [0.1, 0.15) is 20.3 Å². The van der Waals surface area contributed by atoms with E-state index in [1.165, 1.54) is 5.69 Å². The van der Waals surface area contributed by atoms with Crippen LogP contribution in [0.4, 0.5) is 10.5 Å². The number of rotatable bonds is 5. The minimum Gasteiger partial charge on any atom is -0.481 e. The van der Waals surface area contributed by atoms with Crippen LogP contribution in [0.5, 0.6) is 0 Å². The quantitative estimate of drug-likeness (QED) is 0.821. The van der Waals surface area contributed by atoms with Gasteiger partial charge in [0.1, 0.15) is 0 Å². The van der Waals surface area contributed by atoms with Crippen molar-refractivity contribution in [3.05, 3.63) is 30.3 Å². The van der Waals surface area contributed by atoms with E-state index in [4.69, 9.17) is 0 Å². The van der Waals surface area contributed by atoms with Gasteiger partial charge in [-0.2, -0.15) is 0 Å². The Kier molecular flexibility index (Phi) is 5.89. The van der Waals surface area contributed by atoms with E-state index in [0.717, 1.165) is 32.7 Å². The van der Waals surface area contributed by atoms with Gasteiger partial charge in [-0.15, -0.1) is 0 Å². The molecule has 148 valence electrons. The molecule has 2 N–H and O–H groups in total. The highest BCUT2D eigenvalue weighted by molar-refractivity contribution is 5.79. The Labute approximate surface area is 160 Å². The van der Waals surface area contributed by atoms with Crippen LogP contribution in [0.15, 0.2) is 30.3 Å². The molecule has 0 saturated carbocycles. The summed E-state index contributed by atoms with van der Waals surface area (Å²) in [6, 6.07) is 10.3. The number of carboxylic acid groups (broad SMARTS) is 1. The van der Waals surface area contributed by atoms with E-state index in [9.17, 15) is 14.7 Å². The van der Waals surface area contributed by atoms with Gasteiger partial charge in [0.15, 0.2) is 0 Å². The number of carbonyl (C=O) groups is 2. The van der Waals surface area contributed by atoms with Crippen LogP contribution < -0.4 is 10.2 Å². The topological polar surface area (TPSA) is 76.1 Å². The zero-order valence-electron chi connectivity index (χ0n) is 16.2. The summed E-state index contributed by atoms with van der Waals surface area (Å²) >= 11 is 0. The Bertz CT molecular complexity index is 660. The second-order valence-corrected chi connectivity index (χ2v) is 8.01. The van der Waals surface area contributed by atoms with Crippen molar-refractivity contribution in [2.75, 3.05) is 50.7 Å². The summed E-state index contributed by atoms with van der Waals surface area (Å²) in [5.74, 6) is -0.831. The Hall–Kier alpha value is -2.28. The average molecular weight is 374 g/mol. The number of likely N-dealkylation sites (tertiary alicyclic amines) is 1. The standard InChI is InChI=1S/C20H30N4O3/c1-16(21-19(27)24-9-8-20(2,15-24)18(25)26)14-22-10-12-23(13-11-22)17-6-4-3-5-7-17/h3-7,16H,8-15H2,1-2H3,(H,21,27)(H,25,26). The first-order valence-corrected chi connectivity index (χ1v) is 9.68. The number of nitrogens with one attached hydrogen (secondary N) is 1. The van der Waals surface area contributed by atoms with Crippen LogP contribution in [0.25, 0.3) is 0 Å². The zero-order chi connectivity index (χ0) is 19.4. The van der Waals surface area contributed by atoms with Crippen molar-refractivity contribution in [3.63, 3.8) is 0 Å². The number of para-hydroxylation sites is 1. The first kappa shape index (κ1) is 19.5. The van der Waals surface area contributed by atoms with Gasteiger partial charge in [0.25, 0.3) is 0 Å². The van der Waals surface area contributed by atoms with E-state index in [1.807, 2.05) is 13.0 Å². The van der Waals surface area contributed by atoms with E-state index in [1.54, 1.807) is 11.8 Å². The minimum atomic E-state index is -0.831. The molecule has 3 rings (SSSR count). The number of hydrogen-bond acceptors (Lipinski definition) is 4. The van der Waals surface area contributed by atoms with Gasteiger partial charge in [0, 0.05) is 57.5 Å². The lowest BCUT2D eigenvalue weighted by Gasteiger charge is -2.37. The van der Waals surface area contributed by atoms with Crippen LogP contribution in [0.2, 0.25) is 0 Å². The van der Waals surface area contributed by atoms with E-state index in [-0.39, 0.29) is 18.6 Å². The molecule has 2 aliphatic rings. The molecular formula is C20H30N4O3. The second-order valence-electron chi connectivity index (χ2n) is 8.01. The third kappa shape index (κ3) is 4.71. The number of piperazine rings is 1. The third-order valence-corrected chi connectivity index (χ3v) is 5.67. The number of urea groups is 1. The summed E-state index contributed by atoms with van der Waals surface area (Å²) in [7, 11) is 0. The number of carboxylic acids is 1. The number of carbonyl (C=O) groups excluding carboxylic acids is 1. The van der Waals surface area contributed by atoms with Gasteiger partial charge < -0.3 is 20.2 Å². The average Bonchev–Trinajstić information content (AvgIpc) is 3.07. The lowest BCUT2D eigenvalue weighted by molar-refractivity contribution is -0.147. The van der Waals surface area contributed by atoms with Gasteiger partial charge in [-0.3, -0.25) is 9.69 Å². The van der Waals surface area contributed by atoms with Gasteiger partial charge in [-0.25, -0.2) is 4.79 Å². The Morgan fingerprint density at radius 3 is 2.41 bits per heavy atom. The Morgan fingerprint density at radius 2 is 1.81 bits per heavy atom. The van der Waals surface area contributed by atoms with Crippen molar-refractivity contribution in [2.45, 2.75) is 26.3 Å². The molecule has 2 amide bonds. The third-order valence-electron chi connectivity index (χ3n) is 5.67. The molecule has 0 radical (unpaired) electrons. The van der Waals surface area contributed by atoms with Crippen LogP contribution in [-0.4, -0.2) is 78.8 Å². The molecule has 2 atom stereocenters. The largest absolute Gasteiger partial charge is 0.481 e. The van der Waals surface area contributed by atoms with Crippen molar-refractivity contribution in [1.29, 1.82) is 0 Å². The van der Waals surface area contributed by atoms with Crippen molar-refractivity contribution < 1.29 is 14.7 Å². The molecule has 7 heteroatoms. The lowest BCUT2D eigenvalue weighted by atomic mass is 9.90. The summed E-state index contributed by atoms with van der Waals surface area (Å²) in [5, 5.41) is 12.3. The molecule has 1 aromatic rings. The molecule has 2 unspecified atom stereocenters. The van der Waals surface area contributed by atoms with Crippen molar-refractivity contribution in [3.8, 4) is 0 Å².